The van der Waals surface area contributed by atoms with Gasteiger partial charge in [0, 0.05) is 4.90 Å². The first-order chi connectivity index (χ1) is 7.49. The molecule has 2 nitrogen and oxygen atoms in total. The van der Waals surface area contributed by atoms with Crippen LogP contribution in [0.2, 0.25) is 0 Å². The third-order valence-corrected chi connectivity index (χ3v) is 3.37. The predicted molar refractivity (Wildman–Crippen MR) is 70.1 cm³/mol. The molecule has 0 aliphatic carbocycles. The van der Waals surface area contributed by atoms with Gasteiger partial charge in [0.15, 0.2) is 0 Å². The van der Waals surface area contributed by atoms with E-state index in [1.807, 2.05) is 32.2 Å². The molecule has 0 saturated heterocycles. The first-order valence-corrected chi connectivity index (χ1v) is 6.77. The molecule has 0 saturated carbocycles. The minimum atomic E-state index is -0.386. The van der Waals surface area contributed by atoms with Crippen molar-refractivity contribution in [3.05, 3.63) is 29.8 Å². The molecule has 16 heavy (non-hydrogen) atoms. The molecule has 0 fully saturated rings. The SMILES string of the molecule is CSc1ccc(C(C)(C)NC(=O)CCl)cc1. The molecule has 0 spiro atoms. The molecule has 0 heterocycles. The van der Waals surface area contributed by atoms with E-state index in [2.05, 4.69) is 17.4 Å². The van der Waals surface area contributed by atoms with Crippen LogP contribution in [0, 0.1) is 0 Å². The van der Waals surface area contributed by atoms with Crippen LogP contribution in [0.25, 0.3) is 0 Å². The lowest BCUT2D eigenvalue weighted by Crippen LogP contribution is -2.41. The summed E-state index contributed by atoms with van der Waals surface area (Å²) in [5.74, 6) is -0.160. The molecule has 88 valence electrons. The van der Waals surface area contributed by atoms with Gasteiger partial charge in [-0.25, -0.2) is 0 Å². The van der Waals surface area contributed by atoms with Crippen LogP contribution in [0.4, 0.5) is 0 Å². The van der Waals surface area contributed by atoms with E-state index < -0.39 is 0 Å². The van der Waals surface area contributed by atoms with Gasteiger partial charge >= 0.3 is 0 Å². The number of carbonyl (C=O) groups is 1. The van der Waals surface area contributed by atoms with E-state index >= 15 is 0 Å². The Kier molecular flexibility index (Phi) is 4.69. The van der Waals surface area contributed by atoms with Gasteiger partial charge in [0.1, 0.15) is 5.88 Å². The molecule has 4 heteroatoms. The topological polar surface area (TPSA) is 29.1 Å². The van der Waals surface area contributed by atoms with Crippen molar-refractivity contribution in [1.29, 1.82) is 0 Å². The van der Waals surface area contributed by atoms with E-state index in [4.69, 9.17) is 11.6 Å². The van der Waals surface area contributed by atoms with Crippen LogP contribution in [0.5, 0.6) is 0 Å². The summed E-state index contributed by atoms with van der Waals surface area (Å²) >= 11 is 7.18. The standard InChI is InChI=1S/C12H16ClNOS/c1-12(2,14-11(15)8-13)9-4-6-10(16-3)7-5-9/h4-7H,8H2,1-3H3,(H,14,15). The molecule has 1 aromatic carbocycles. The number of alkyl halides is 1. The summed E-state index contributed by atoms with van der Waals surface area (Å²) in [6.07, 6.45) is 2.04. The van der Waals surface area contributed by atoms with Crippen molar-refractivity contribution in [3.8, 4) is 0 Å². The summed E-state index contributed by atoms with van der Waals surface area (Å²) < 4.78 is 0. The van der Waals surface area contributed by atoms with Gasteiger partial charge in [-0.3, -0.25) is 4.79 Å². The smallest absolute Gasteiger partial charge is 0.235 e. The normalized spacial score (nSPS) is 11.2. The number of nitrogens with one attached hydrogen (secondary N) is 1. The third kappa shape index (κ3) is 3.42. The molecule has 1 rings (SSSR count). The highest BCUT2D eigenvalue weighted by Crippen LogP contribution is 2.23. The number of rotatable bonds is 4. The van der Waals surface area contributed by atoms with E-state index in [-0.39, 0.29) is 17.3 Å². The molecule has 0 radical (unpaired) electrons. The number of hydrogen-bond donors (Lipinski definition) is 1. The molecule has 0 unspecified atom stereocenters. The van der Waals surface area contributed by atoms with Crippen molar-refractivity contribution in [2.75, 3.05) is 12.1 Å². The molecule has 0 aliphatic rings. The fraction of sp³-hybridized carbons (Fsp3) is 0.417. The van der Waals surface area contributed by atoms with E-state index in [1.165, 1.54) is 4.90 Å². The van der Waals surface area contributed by atoms with E-state index in [0.717, 1.165) is 5.56 Å². The average Bonchev–Trinajstić information content (AvgIpc) is 2.28. The van der Waals surface area contributed by atoms with Gasteiger partial charge in [-0.2, -0.15) is 0 Å². The number of thioether (sulfide) groups is 1. The Morgan fingerprint density at radius 1 is 1.38 bits per heavy atom. The first kappa shape index (κ1) is 13.4. The van der Waals surface area contributed by atoms with Crippen molar-refractivity contribution >= 4 is 29.3 Å². The fourth-order valence-corrected chi connectivity index (χ4v) is 1.94. The Labute approximate surface area is 106 Å². The van der Waals surface area contributed by atoms with Crippen molar-refractivity contribution in [2.24, 2.45) is 0 Å². The molecule has 1 N–H and O–H groups in total. The van der Waals surface area contributed by atoms with Gasteiger partial charge in [-0.05, 0) is 37.8 Å². The summed E-state index contributed by atoms with van der Waals surface area (Å²) in [6.45, 7) is 3.93. The summed E-state index contributed by atoms with van der Waals surface area (Å²) in [7, 11) is 0. The van der Waals surface area contributed by atoms with Crippen LogP contribution in [0.1, 0.15) is 19.4 Å². The number of benzene rings is 1. The summed E-state index contributed by atoms with van der Waals surface area (Å²) in [5, 5.41) is 2.88. The Bertz CT molecular complexity index is 362. The lowest BCUT2D eigenvalue weighted by molar-refractivity contribution is -0.120. The van der Waals surface area contributed by atoms with Crippen LogP contribution in [0.15, 0.2) is 29.2 Å². The maximum atomic E-state index is 11.3. The van der Waals surface area contributed by atoms with Crippen molar-refractivity contribution in [3.63, 3.8) is 0 Å². The number of hydrogen-bond acceptors (Lipinski definition) is 2. The Morgan fingerprint density at radius 3 is 2.38 bits per heavy atom. The molecular formula is C12H16ClNOS. The molecule has 0 aromatic heterocycles. The minimum absolute atomic E-state index is 0.00761. The van der Waals surface area contributed by atoms with Crippen molar-refractivity contribution in [2.45, 2.75) is 24.3 Å². The second-order valence-corrected chi connectivity index (χ2v) is 5.18. The van der Waals surface area contributed by atoms with Crippen molar-refractivity contribution < 1.29 is 4.79 Å². The highest BCUT2D eigenvalue weighted by molar-refractivity contribution is 7.98. The van der Waals surface area contributed by atoms with Gasteiger partial charge < -0.3 is 5.32 Å². The summed E-state index contributed by atoms with van der Waals surface area (Å²) in [5.41, 5.74) is 0.687. The Balaban J connectivity index is 2.84. The Morgan fingerprint density at radius 2 is 1.94 bits per heavy atom. The zero-order valence-electron chi connectivity index (χ0n) is 9.71. The molecular weight excluding hydrogens is 242 g/mol. The first-order valence-electron chi connectivity index (χ1n) is 5.01. The highest BCUT2D eigenvalue weighted by Gasteiger charge is 2.21. The van der Waals surface area contributed by atoms with E-state index in [1.54, 1.807) is 11.8 Å². The maximum absolute atomic E-state index is 11.3. The van der Waals surface area contributed by atoms with E-state index in [9.17, 15) is 4.79 Å². The maximum Gasteiger partial charge on any atom is 0.235 e. The van der Waals surface area contributed by atoms with Gasteiger partial charge in [-0.1, -0.05) is 12.1 Å². The molecule has 1 amide bonds. The molecule has 0 bridgehead atoms. The van der Waals surface area contributed by atoms with Gasteiger partial charge in [0.2, 0.25) is 5.91 Å². The van der Waals surface area contributed by atoms with Crippen LogP contribution in [0.3, 0.4) is 0 Å². The Hall–Kier alpha value is -0.670. The number of carbonyl (C=O) groups excluding carboxylic acids is 1. The average molecular weight is 258 g/mol. The zero-order valence-corrected chi connectivity index (χ0v) is 11.3. The minimum Gasteiger partial charge on any atom is -0.346 e. The van der Waals surface area contributed by atoms with Crippen LogP contribution in [-0.4, -0.2) is 18.0 Å². The highest BCUT2D eigenvalue weighted by atomic mass is 35.5. The number of halogens is 1. The van der Waals surface area contributed by atoms with Gasteiger partial charge in [0.05, 0.1) is 5.54 Å². The zero-order chi connectivity index (χ0) is 12.2. The summed E-state index contributed by atoms with van der Waals surface area (Å²) in [6, 6.07) is 8.16. The van der Waals surface area contributed by atoms with Crippen molar-refractivity contribution in [1.82, 2.24) is 5.32 Å². The molecule has 1 aromatic rings. The summed E-state index contributed by atoms with van der Waals surface area (Å²) in [4.78, 5) is 12.5. The van der Waals surface area contributed by atoms with E-state index in [0.29, 0.717) is 0 Å². The monoisotopic (exact) mass is 257 g/mol. The second kappa shape index (κ2) is 5.60. The van der Waals surface area contributed by atoms with Crippen LogP contribution >= 0.6 is 23.4 Å². The van der Waals surface area contributed by atoms with Gasteiger partial charge in [0.25, 0.3) is 0 Å². The molecule has 0 atom stereocenters. The predicted octanol–water partition coefficient (Wildman–Crippen LogP) is 3.00. The number of amides is 1. The quantitative estimate of drug-likeness (QED) is 0.664. The van der Waals surface area contributed by atoms with Crippen LogP contribution in [-0.2, 0) is 10.3 Å². The van der Waals surface area contributed by atoms with Gasteiger partial charge in [-0.15, -0.1) is 23.4 Å². The fourth-order valence-electron chi connectivity index (χ4n) is 1.46. The lowest BCUT2D eigenvalue weighted by atomic mass is 9.94. The lowest BCUT2D eigenvalue weighted by Gasteiger charge is -2.26. The third-order valence-electron chi connectivity index (χ3n) is 2.38. The molecule has 0 aliphatic heterocycles. The largest absolute Gasteiger partial charge is 0.346 e. The van der Waals surface area contributed by atoms with Crippen LogP contribution < -0.4 is 5.32 Å². The second-order valence-electron chi connectivity index (χ2n) is 4.04.